The van der Waals surface area contributed by atoms with Crippen LogP contribution < -0.4 is 0 Å². The largest absolute Gasteiger partial charge is 0.288 e. The standard InChI is InChI=1S/C12H7Cl3OS/c1-6-5-9(17-12(6)15)11(16)7-3-2-4-8(13)10(7)14/h2-5H,1H3. The molecule has 0 amide bonds. The minimum atomic E-state index is -0.155. The van der Waals surface area contributed by atoms with Crippen molar-refractivity contribution in [1.82, 2.24) is 0 Å². The zero-order valence-corrected chi connectivity index (χ0v) is 11.8. The van der Waals surface area contributed by atoms with Gasteiger partial charge in [0.05, 0.1) is 19.3 Å². The van der Waals surface area contributed by atoms with Crippen LogP contribution in [0.5, 0.6) is 0 Å². The summed E-state index contributed by atoms with van der Waals surface area (Å²) in [6.07, 6.45) is 0. The number of aryl methyl sites for hydroxylation is 1. The minimum Gasteiger partial charge on any atom is -0.288 e. The highest BCUT2D eigenvalue weighted by molar-refractivity contribution is 7.18. The molecule has 5 heteroatoms. The highest BCUT2D eigenvalue weighted by atomic mass is 35.5. The van der Waals surface area contributed by atoms with E-state index in [1.165, 1.54) is 11.3 Å². The normalized spacial score (nSPS) is 10.6. The first-order valence-electron chi connectivity index (χ1n) is 4.75. The summed E-state index contributed by atoms with van der Waals surface area (Å²) < 4.78 is 0.617. The summed E-state index contributed by atoms with van der Waals surface area (Å²) in [6, 6.07) is 6.75. The molecular weight excluding hydrogens is 299 g/mol. The van der Waals surface area contributed by atoms with Crippen LogP contribution in [0.4, 0.5) is 0 Å². The fourth-order valence-electron chi connectivity index (χ4n) is 1.38. The average Bonchev–Trinajstić information content (AvgIpc) is 2.62. The molecular formula is C12H7Cl3OS. The molecule has 1 aromatic carbocycles. The molecule has 1 nitrogen and oxygen atoms in total. The van der Waals surface area contributed by atoms with Crippen LogP contribution in [0.15, 0.2) is 24.3 Å². The number of ketones is 1. The molecule has 0 saturated carbocycles. The average molecular weight is 306 g/mol. The van der Waals surface area contributed by atoms with Crippen LogP contribution in [-0.4, -0.2) is 5.78 Å². The minimum absolute atomic E-state index is 0.155. The molecule has 2 rings (SSSR count). The van der Waals surface area contributed by atoms with E-state index in [0.29, 0.717) is 19.8 Å². The highest BCUT2D eigenvalue weighted by Gasteiger charge is 2.17. The van der Waals surface area contributed by atoms with Crippen LogP contribution in [0.2, 0.25) is 14.4 Å². The Hall–Kier alpha value is -0.540. The Morgan fingerprint density at radius 1 is 1.24 bits per heavy atom. The first kappa shape index (κ1) is 12.9. The van der Waals surface area contributed by atoms with Crippen molar-refractivity contribution >= 4 is 51.9 Å². The van der Waals surface area contributed by atoms with Crippen LogP contribution in [0.3, 0.4) is 0 Å². The summed E-state index contributed by atoms with van der Waals surface area (Å²) in [4.78, 5) is 12.8. The number of rotatable bonds is 2. The van der Waals surface area contributed by atoms with Gasteiger partial charge in [-0.3, -0.25) is 4.79 Å². The molecule has 0 radical (unpaired) electrons. The Bertz CT molecular complexity index is 570. The zero-order valence-electron chi connectivity index (χ0n) is 8.76. The number of hydrogen-bond donors (Lipinski definition) is 0. The van der Waals surface area contributed by atoms with Crippen molar-refractivity contribution < 1.29 is 4.79 Å². The first-order valence-corrected chi connectivity index (χ1v) is 6.70. The van der Waals surface area contributed by atoms with Gasteiger partial charge < -0.3 is 0 Å². The molecule has 0 aliphatic carbocycles. The number of carbonyl (C=O) groups is 1. The summed E-state index contributed by atoms with van der Waals surface area (Å²) in [5, 5.41) is 0.651. The lowest BCUT2D eigenvalue weighted by Crippen LogP contribution is -1.99. The van der Waals surface area contributed by atoms with Gasteiger partial charge in [-0.1, -0.05) is 40.9 Å². The van der Waals surface area contributed by atoms with Crippen molar-refractivity contribution in [3.05, 3.63) is 54.7 Å². The molecule has 0 atom stereocenters. The number of benzene rings is 1. The van der Waals surface area contributed by atoms with Crippen molar-refractivity contribution in [1.29, 1.82) is 0 Å². The van der Waals surface area contributed by atoms with Gasteiger partial charge in [-0.05, 0) is 30.7 Å². The van der Waals surface area contributed by atoms with E-state index in [2.05, 4.69) is 0 Å². The van der Waals surface area contributed by atoms with Crippen LogP contribution in [0.1, 0.15) is 20.8 Å². The van der Waals surface area contributed by atoms with Gasteiger partial charge in [-0.15, -0.1) is 11.3 Å². The first-order chi connectivity index (χ1) is 8.00. The number of hydrogen-bond acceptors (Lipinski definition) is 2. The van der Waals surface area contributed by atoms with Crippen LogP contribution >= 0.6 is 46.1 Å². The van der Waals surface area contributed by atoms with E-state index in [9.17, 15) is 4.79 Å². The summed E-state index contributed by atoms with van der Waals surface area (Å²) in [7, 11) is 0. The van der Waals surface area contributed by atoms with Gasteiger partial charge in [0, 0.05) is 5.56 Å². The van der Waals surface area contributed by atoms with E-state index < -0.39 is 0 Å². The third kappa shape index (κ3) is 2.50. The Kier molecular flexibility index (Phi) is 3.79. The molecule has 1 heterocycles. The maximum atomic E-state index is 12.2. The molecule has 1 aromatic heterocycles. The van der Waals surface area contributed by atoms with Gasteiger partial charge in [0.15, 0.2) is 0 Å². The lowest BCUT2D eigenvalue weighted by atomic mass is 10.1. The van der Waals surface area contributed by atoms with Crippen molar-refractivity contribution in [3.8, 4) is 0 Å². The third-order valence-corrected chi connectivity index (χ3v) is 4.65. The molecule has 0 N–H and O–H groups in total. The second kappa shape index (κ2) is 4.99. The smallest absolute Gasteiger partial charge is 0.204 e. The Morgan fingerprint density at radius 3 is 2.53 bits per heavy atom. The lowest BCUT2D eigenvalue weighted by molar-refractivity contribution is 0.104. The van der Waals surface area contributed by atoms with Gasteiger partial charge in [0.25, 0.3) is 0 Å². The Balaban J connectivity index is 2.47. The molecule has 2 aromatic rings. The number of carbonyl (C=O) groups excluding carboxylic acids is 1. The third-order valence-electron chi connectivity index (χ3n) is 2.28. The second-order valence-electron chi connectivity index (χ2n) is 3.50. The molecule has 0 bridgehead atoms. The van der Waals surface area contributed by atoms with E-state index in [1.807, 2.05) is 6.92 Å². The van der Waals surface area contributed by atoms with E-state index in [0.717, 1.165) is 5.56 Å². The fraction of sp³-hybridized carbons (Fsp3) is 0.0833. The monoisotopic (exact) mass is 304 g/mol. The summed E-state index contributed by atoms with van der Waals surface area (Å²) in [5.41, 5.74) is 1.29. The quantitative estimate of drug-likeness (QED) is 0.693. The highest BCUT2D eigenvalue weighted by Crippen LogP contribution is 2.32. The SMILES string of the molecule is Cc1cc(C(=O)c2cccc(Cl)c2Cl)sc1Cl. The summed E-state index contributed by atoms with van der Waals surface area (Å²) in [6.45, 7) is 1.86. The topological polar surface area (TPSA) is 17.1 Å². The molecule has 88 valence electrons. The molecule has 0 saturated heterocycles. The van der Waals surface area contributed by atoms with E-state index in [-0.39, 0.29) is 10.8 Å². The van der Waals surface area contributed by atoms with Gasteiger partial charge in [0.1, 0.15) is 0 Å². The van der Waals surface area contributed by atoms with Gasteiger partial charge in [-0.2, -0.15) is 0 Å². The van der Waals surface area contributed by atoms with E-state index >= 15 is 0 Å². The Labute approximate surface area is 118 Å². The van der Waals surface area contributed by atoms with Crippen LogP contribution in [0.25, 0.3) is 0 Å². The lowest BCUT2D eigenvalue weighted by Gasteiger charge is -2.02. The van der Waals surface area contributed by atoms with Crippen LogP contribution in [-0.2, 0) is 0 Å². The van der Waals surface area contributed by atoms with E-state index in [4.69, 9.17) is 34.8 Å². The number of halogens is 3. The Morgan fingerprint density at radius 2 is 1.94 bits per heavy atom. The summed E-state index contributed by atoms with van der Waals surface area (Å²) >= 11 is 19.1. The fourth-order valence-corrected chi connectivity index (χ4v) is 2.93. The maximum Gasteiger partial charge on any atom is 0.204 e. The molecule has 0 spiro atoms. The van der Waals surface area contributed by atoms with Crippen molar-refractivity contribution in [3.63, 3.8) is 0 Å². The molecule has 0 fully saturated rings. The predicted molar refractivity (Wildman–Crippen MR) is 74.0 cm³/mol. The zero-order chi connectivity index (χ0) is 12.6. The van der Waals surface area contributed by atoms with Gasteiger partial charge in [-0.25, -0.2) is 0 Å². The van der Waals surface area contributed by atoms with E-state index in [1.54, 1.807) is 24.3 Å². The number of thiophene rings is 1. The van der Waals surface area contributed by atoms with Crippen LogP contribution in [0, 0.1) is 6.92 Å². The summed E-state index contributed by atoms with van der Waals surface area (Å²) in [5.74, 6) is -0.155. The molecule has 0 unspecified atom stereocenters. The molecule has 17 heavy (non-hydrogen) atoms. The maximum absolute atomic E-state index is 12.2. The van der Waals surface area contributed by atoms with Crippen molar-refractivity contribution in [2.75, 3.05) is 0 Å². The molecule has 0 aliphatic rings. The second-order valence-corrected chi connectivity index (χ2v) is 5.94. The van der Waals surface area contributed by atoms with Gasteiger partial charge >= 0.3 is 0 Å². The van der Waals surface area contributed by atoms with Crippen molar-refractivity contribution in [2.24, 2.45) is 0 Å². The van der Waals surface area contributed by atoms with Gasteiger partial charge in [0.2, 0.25) is 5.78 Å². The predicted octanol–water partition coefficient (Wildman–Crippen LogP) is 5.25. The van der Waals surface area contributed by atoms with Crippen molar-refractivity contribution in [2.45, 2.75) is 6.92 Å². The molecule has 0 aliphatic heterocycles.